The van der Waals surface area contributed by atoms with Crippen molar-refractivity contribution in [1.82, 2.24) is 0 Å². The monoisotopic (exact) mass is 253 g/mol. The van der Waals surface area contributed by atoms with E-state index in [4.69, 9.17) is 15.2 Å². The van der Waals surface area contributed by atoms with Crippen LogP contribution in [0.5, 0.6) is 11.5 Å². The van der Waals surface area contributed by atoms with Gasteiger partial charge in [-0.25, -0.2) is 0 Å². The van der Waals surface area contributed by atoms with E-state index in [-0.39, 0.29) is 0 Å². The Bertz CT molecular complexity index is 765. The molecule has 0 fully saturated rings. The third-order valence-electron chi connectivity index (χ3n) is 3.32. The molecule has 0 unspecified atom stereocenters. The minimum absolute atomic E-state index is 0.734. The summed E-state index contributed by atoms with van der Waals surface area (Å²) in [4.78, 5) is 0. The summed E-state index contributed by atoms with van der Waals surface area (Å²) in [6.45, 7) is 0. The van der Waals surface area contributed by atoms with Gasteiger partial charge in [0.1, 0.15) is 0 Å². The van der Waals surface area contributed by atoms with E-state index in [1.807, 2.05) is 30.3 Å². The Morgan fingerprint density at radius 1 is 0.684 bits per heavy atom. The molecule has 0 aliphatic rings. The van der Waals surface area contributed by atoms with Gasteiger partial charge in [0, 0.05) is 5.69 Å². The Hall–Kier alpha value is -2.42. The van der Waals surface area contributed by atoms with Gasteiger partial charge in [-0.3, -0.25) is 0 Å². The Balaban J connectivity index is 2.34. The fraction of sp³-hybridized carbons (Fsp3) is 0.125. The van der Waals surface area contributed by atoms with Crippen LogP contribution in [-0.2, 0) is 0 Å². The lowest BCUT2D eigenvalue weighted by Crippen LogP contribution is -1.90. The molecule has 0 bridgehead atoms. The molecule has 3 aromatic carbocycles. The molecule has 3 nitrogen and oxygen atoms in total. The van der Waals surface area contributed by atoms with Crippen LogP contribution in [0.4, 0.5) is 5.69 Å². The molecule has 0 amide bonds. The molecular formula is C16H15NO2. The predicted molar refractivity (Wildman–Crippen MR) is 79.0 cm³/mol. The van der Waals surface area contributed by atoms with Crippen LogP contribution in [0.3, 0.4) is 0 Å². The van der Waals surface area contributed by atoms with Gasteiger partial charge in [-0.1, -0.05) is 6.07 Å². The van der Waals surface area contributed by atoms with E-state index in [1.54, 1.807) is 14.2 Å². The zero-order valence-corrected chi connectivity index (χ0v) is 10.9. The Kier molecular flexibility index (Phi) is 2.67. The Morgan fingerprint density at radius 2 is 1.21 bits per heavy atom. The van der Waals surface area contributed by atoms with E-state index in [2.05, 4.69) is 12.1 Å². The summed E-state index contributed by atoms with van der Waals surface area (Å²) in [7, 11) is 3.29. The molecule has 0 heterocycles. The van der Waals surface area contributed by atoms with Crippen molar-refractivity contribution in [2.45, 2.75) is 0 Å². The highest BCUT2D eigenvalue weighted by atomic mass is 16.5. The number of hydrogen-bond donors (Lipinski definition) is 1. The normalized spacial score (nSPS) is 10.8. The smallest absolute Gasteiger partial charge is 0.161 e. The highest BCUT2D eigenvalue weighted by Gasteiger charge is 2.07. The van der Waals surface area contributed by atoms with Crippen molar-refractivity contribution < 1.29 is 9.47 Å². The lowest BCUT2D eigenvalue weighted by molar-refractivity contribution is 0.356. The number of nitrogens with two attached hydrogens (primary N) is 1. The van der Waals surface area contributed by atoms with Crippen molar-refractivity contribution in [3.05, 3.63) is 42.5 Å². The maximum absolute atomic E-state index is 5.82. The van der Waals surface area contributed by atoms with Crippen LogP contribution in [0.25, 0.3) is 21.5 Å². The average Bonchev–Trinajstić information content (AvgIpc) is 2.43. The lowest BCUT2D eigenvalue weighted by Gasteiger charge is -2.10. The average molecular weight is 253 g/mol. The summed E-state index contributed by atoms with van der Waals surface area (Å²) in [6, 6.07) is 14.1. The third-order valence-corrected chi connectivity index (χ3v) is 3.32. The van der Waals surface area contributed by atoms with Crippen molar-refractivity contribution in [1.29, 1.82) is 0 Å². The SMILES string of the molecule is COc1cc2cc3ccc(N)cc3cc2cc1OC. The summed E-state index contributed by atoms with van der Waals surface area (Å²) < 4.78 is 10.7. The van der Waals surface area contributed by atoms with Crippen molar-refractivity contribution in [2.24, 2.45) is 0 Å². The predicted octanol–water partition coefficient (Wildman–Crippen LogP) is 3.59. The van der Waals surface area contributed by atoms with E-state index in [9.17, 15) is 0 Å². The summed E-state index contributed by atoms with van der Waals surface area (Å²) in [5, 5.41) is 4.51. The molecule has 96 valence electrons. The van der Waals surface area contributed by atoms with E-state index in [0.717, 1.165) is 38.7 Å². The van der Waals surface area contributed by atoms with E-state index in [0.29, 0.717) is 0 Å². The highest BCUT2D eigenvalue weighted by Crippen LogP contribution is 2.34. The molecule has 0 aromatic heterocycles. The van der Waals surface area contributed by atoms with E-state index >= 15 is 0 Å². The molecule has 0 saturated heterocycles. The van der Waals surface area contributed by atoms with Crippen LogP contribution < -0.4 is 15.2 Å². The number of fused-ring (bicyclic) bond motifs is 2. The number of benzene rings is 3. The van der Waals surface area contributed by atoms with E-state index in [1.165, 1.54) is 0 Å². The van der Waals surface area contributed by atoms with Crippen LogP contribution in [0.1, 0.15) is 0 Å². The van der Waals surface area contributed by atoms with Crippen LogP contribution in [0.2, 0.25) is 0 Å². The summed E-state index contributed by atoms with van der Waals surface area (Å²) in [6.07, 6.45) is 0. The molecular weight excluding hydrogens is 238 g/mol. The topological polar surface area (TPSA) is 44.5 Å². The van der Waals surface area contributed by atoms with Crippen molar-refractivity contribution >= 4 is 27.2 Å². The first-order chi connectivity index (χ1) is 9.21. The number of ether oxygens (including phenoxy) is 2. The molecule has 3 rings (SSSR count). The number of methoxy groups -OCH3 is 2. The Morgan fingerprint density at radius 3 is 1.79 bits per heavy atom. The van der Waals surface area contributed by atoms with Gasteiger partial charge in [-0.15, -0.1) is 0 Å². The molecule has 3 heteroatoms. The van der Waals surface area contributed by atoms with Gasteiger partial charge >= 0.3 is 0 Å². The molecule has 0 aliphatic carbocycles. The van der Waals surface area contributed by atoms with Crippen LogP contribution >= 0.6 is 0 Å². The number of anilines is 1. The zero-order valence-electron chi connectivity index (χ0n) is 10.9. The fourth-order valence-electron chi connectivity index (χ4n) is 2.35. The zero-order chi connectivity index (χ0) is 13.4. The summed E-state index contributed by atoms with van der Waals surface area (Å²) >= 11 is 0. The second-order valence-electron chi connectivity index (χ2n) is 4.51. The number of nitrogen functional groups attached to an aromatic ring is 1. The van der Waals surface area contributed by atoms with Crippen molar-refractivity contribution in [3.63, 3.8) is 0 Å². The summed E-state index contributed by atoms with van der Waals surface area (Å²) in [5.41, 5.74) is 6.60. The third kappa shape index (κ3) is 1.93. The molecule has 0 saturated carbocycles. The van der Waals surface area contributed by atoms with Crippen LogP contribution in [0, 0.1) is 0 Å². The summed E-state index contributed by atoms with van der Waals surface area (Å²) in [5.74, 6) is 1.48. The first-order valence-electron chi connectivity index (χ1n) is 6.06. The van der Waals surface area contributed by atoms with Gasteiger partial charge < -0.3 is 15.2 Å². The molecule has 0 aliphatic heterocycles. The van der Waals surface area contributed by atoms with Gasteiger partial charge in [0.05, 0.1) is 14.2 Å². The molecule has 19 heavy (non-hydrogen) atoms. The van der Waals surface area contributed by atoms with Crippen molar-refractivity contribution in [2.75, 3.05) is 20.0 Å². The number of hydrogen-bond acceptors (Lipinski definition) is 3. The van der Waals surface area contributed by atoms with Gasteiger partial charge in [0.15, 0.2) is 11.5 Å². The van der Waals surface area contributed by atoms with Gasteiger partial charge in [0.2, 0.25) is 0 Å². The quantitative estimate of drug-likeness (QED) is 0.560. The second-order valence-corrected chi connectivity index (χ2v) is 4.51. The van der Waals surface area contributed by atoms with Gasteiger partial charge in [0.25, 0.3) is 0 Å². The van der Waals surface area contributed by atoms with Gasteiger partial charge in [-0.05, 0) is 57.9 Å². The molecule has 0 atom stereocenters. The van der Waals surface area contributed by atoms with Crippen LogP contribution in [0.15, 0.2) is 42.5 Å². The van der Waals surface area contributed by atoms with Crippen LogP contribution in [-0.4, -0.2) is 14.2 Å². The van der Waals surface area contributed by atoms with Crippen molar-refractivity contribution in [3.8, 4) is 11.5 Å². The number of rotatable bonds is 2. The maximum Gasteiger partial charge on any atom is 0.161 e. The maximum atomic E-state index is 5.82. The lowest BCUT2D eigenvalue weighted by atomic mass is 10.0. The van der Waals surface area contributed by atoms with Gasteiger partial charge in [-0.2, -0.15) is 0 Å². The minimum Gasteiger partial charge on any atom is -0.493 e. The van der Waals surface area contributed by atoms with E-state index < -0.39 is 0 Å². The fourth-order valence-corrected chi connectivity index (χ4v) is 2.35. The minimum atomic E-state index is 0.734. The standard InChI is InChI=1S/C16H15NO2/c1-18-15-8-12-5-10-3-4-14(17)7-11(10)6-13(12)9-16(15)19-2/h3-9H,17H2,1-2H3. The molecule has 2 N–H and O–H groups in total. The molecule has 0 radical (unpaired) electrons. The first kappa shape index (κ1) is 11.7. The Labute approximate surface area is 111 Å². The molecule has 3 aromatic rings. The highest BCUT2D eigenvalue weighted by molar-refractivity contribution is 6.00. The largest absolute Gasteiger partial charge is 0.493 e. The first-order valence-corrected chi connectivity index (χ1v) is 6.06. The molecule has 0 spiro atoms. The second kappa shape index (κ2) is 4.35.